The van der Waals surface area contributed by atoms with E-state index in [-0.39, 0.29) is 12.2 Å². The third-order valence-corrected chi connectivity index (χ3v) is 5.81. The maximum Gasteiger partial charge on any atom is 0.335 e. The summed E-state index contributed by atoms with van der Waals surface area (Å²) >= 11 is 3.32. The van der Waals surface area contributed by atoms with Crippen molar-refractivity contribution in [2.24, 2.45) is 0 Å². The highest BCUT2D eigenvalue weighted by molar-refractivity contribution is 9.10. The van der Waals surface area contributed by atoms with Crippen LogP contribution in [-0.4, -0.2) is 38.2 Å². The predicted octanol–water partition coefficient (Wildman–Crippen LogP) is 4.89. The Labute approximate surface area is 216 Å². The number of rotatable bonds is 8. The van der Waals surface area contributed by atoms with Crippen molar-refractivity contribution >= 4 is 45.5 Å². The van der Waals surface area contributed by atoms with Gasteiger partial charge in [-0.25, -0.2) is 9.69 Å². The lowest BCUT2D eigenvalue weighted by molar-refractivity contribution is -0.122. The van der Waals surface area contributed by atoms with E-state index in [9.17, 15) is 14.4 Å². The predicted molar refractivity (Wildman–Crippen MR) is 138 cm³/mol. The average molecular weight is 551 g/mol. The Morgan fingerprint density at radius 2 is 1.67 bits per heavy atom. The highest BCUT2D eigenvalue weighted by atomic mass is 79.9. The number of carbonyl (C=O) groups excluding carboxylic acids is 3. The third-order valence-electron chi connectivity index (χ3n) is 5.28. The van der Waals surface area contributed by atoms with Crippen molar-refractivity contribution in [2.45, 2.75) is 6.92 Å². The maximum absolute atomic E-state index is 13.1. The summed E-state index contributed by atoms with van der Waals surface area (Å²) in [6, 6.07) is 18.5. The zero-order valence-corrected chi connectivity index (χ0v) is 21.2. The number of hydrogen-bond acceptors (Lipinski definition) is 6. The Morgan fingerprint density at radius 3 is 2.39 bits per heavy atom. The number of urea groups is 1. The molecule has 1 aliphatic rings. The number of nitrogens with one attached hydrogen (secondary N) is 1. The molecule has 8 nitrogen and oxygen atoms in total. The van der Waals surface area contributed by atoms with Gasteiger partial charge in [0.2, 0.25) is 0 Å². The molecule has 3 aromatic carbocycles. The second kappa shape index (κ2) is 11.1. The molecule has 1 aliphatic heterocycles. The van der Waals surface area contributed by atoms with E-state index >= 15 is 0 Å². The Bertz CT molecular complexity index is 1340. The monoisotopic (exact) mass is 550 g/mol. The lowest BCUT2D eigenvalue weighted by Crippen LogP contribution is -2.54. The summed E-state index contributed by atoms with van der Waals surface area (Å²) in [5, 5.41) is 2.21. The van der Waals surface area contributed by atoms with Gasteiger partial charge in [-0.3, -0.25) is 14.9 Å². The van der Waals surface area contributed by atoms with Gasteiger partial charge in [-0.2, -0.15) is 0 Å². The minimum atomic E-state index is -0.807. The van der Waals surface area contributed by atoms with E-state index in [1.165, 1.54) is 13.2 Å². The van der Waals surface area contributed by atoms with Crippen LogP contribution in [0.2, 0.25) is 0 Å². The molecule has 1 fully saturated rings. The van der Waals surface area contributed by atoms with Crippen LogP contribution in [-0.2, 0) is 9.59 Å². The summed E-state index contributed by atoms with van der Waals surface area (Å²) in [5.41, 5.74) is 1.79. The Morgan fingerprint density at radius 1 is 0.917 bits per heavy atom. The number of hydrogen-bond donors (Lipinski definition) is 1. The molecule has 9 heteroatoms. The van der Waals surface area contributed by atoms with Gasteiger partial charge in [-0.1, -0.05) is 34.1 Å². The molecule has 3 aromatic rings. The van der Waals surface area contributed by atoms with Crippen LogP contribution in [0.25, 0.3) is 6.08 Å². The molecule has 0 saturated carbocycles. The molecule has 0 aromatic heterocycles. The van der Waals surface area contributed by atoms with Gasteiger partial charge in [0.1, 0.15) is 24.5 Å². The fourth-order valence-electron chi connectivity index (χ4n) is 3.56. The van der Waals surface area contributed by atoms with Gasteiger partial charge in [-0.05, 0) is 72.7 Å². The first-order valence-corrected chi connectivity index (χ1v) is 11.8. The number of nitrogens with zero attached hydrogens (tertiary/aromatic N) is 1. The fraction of sp³-hybridized carbons (Fsp3) is 0.148. The van der Waals surface area contributed by atoms with Crippen LogP contribution >= 0.6 is 15.9 Å². The van der Waals surface area contributed by atoms with Crippen LogP contribution < -0.4 is 24.4 Å². The van der Waals surface area contributed by atoms with E-state index < -0.39 is 17.8 Å². The summed E-state index contributed by atoms with van der Waals surface area (Å²) in [6.07, 6.45) is 1.41. The van der Waals surface area contributed by atoms with Gasteiger partial charge in [0.25, 0.3) is 11.8 Å². The number of amides is 4. The zero-order chi connectivity index (χ0) is 25.7. The topological polar surface area (TPSA) is 94.2 Å². The molecule has 0 atom stereocenters. The molecule has 0 bridgehead atoms. The third kappa shape index (κ3) is 5.75. The molecule has 0 aliphatic carbocycles. The summed E-state index contributed by atoms with van der Waals surface area (Å²) in [4.78, 5) is 38.8. The molecule has 36 heavy (non-hydrogen) atoms. The van der Waals surface area contributed by atoms with Gasteiger partial charge >= 0.3 is 6.03 Å². The van der Waals surface area contributed by atoms with Crippen LogP contribution in [0.1, 0.15) is 11.1 Å². The van der Waals surface area contributed by atoms with Crippen molar-refractivity contribution in [3.8, 4) is 17.2 Å². The maximum atomic E-state index is 13.1. The van der Waals surface area contributed by atoms with Crippen molar-refractivity contribution in [1.29, 1.82) is 0 Å². The number of barbiturate groups is 1. The molecule has 1 saturated heterocycles. The number of anilines is 1. The number of ether oxygens (including phenoxy) is 3. The van der Waals surface area contributed by atoms with E-state index in [0.29, 0.717) is 29.4 Å². The van der Waals surface area contributed by atoms with Gasteiger partial charge < -0.3 is 14.2 Å². The summed E-state index contributed by atoms with van der Waals surface area (Å²) in [7, 11) is 1.49. The van der Waals surface area contributed by atoms with Crippen molar-refractivity contribution in [1.82, 2.24) is 5.32 Å². The minimum Gasteiger partial charge on any atom is -0.493 e. The number of halogens is 1. The normalized spacial score (nSPS) is 14.6. The first kappa shape index (κ1) is 25.0. The lowest BCUT2D eigenvalue weighted by atomic mass is 10.1. The summed E-state index contributed by atoms with van der Waals surface area (Å²) < 4.78 is 17.7. The molecule has 1 N–H and O–H groups in total. The van der Waals surface area contributed by atoms with E-state index in [1.54, 1.807) is 42.5 Å². The molecule has 0 spiro atoms. The van der Waals surface area contributed by atoms with Gasteiger partial charge in [0.05, 0.1) is 12.8 Å². The molecule has 1 heterocycles. The van der Waals surface area contributed by atoms with E-state index in [4.69, 9.17) is 14.2 Å². The van der Waals surface area contributed by atoms with Crippen molar-refractivity contribution in [2.75, 3.05) is 25.2 Å². The Kier molecular flexibility index (Phi) is 7.70. The van der Waals surface area contributed by atoms with Gasteiger partial charge in [0.15, 0.2) is 11.5 Å². The average Bonchev–Trinajstić information content (AvgIpc) is 2.86. The van der Waals surface area contributed by atoms with Gasteiger partial charge in [0, 0.05) is 4.47 Å². The number of aryl methyl sites for hydroxylation is 1. The van der Waals surface area contributed by atoms with Crippen molar-refractivity contribution < 1.29 is 28.6 Å². The highest BCUT2D eigenvalue weighted by Crippen LogP contribution is 2.30. The fourth-order valence-corrected chi connectivity index (χ4v) is 3.82. The summed E-state index contributed by atoms with van der Waals surface area (Å²) in [5.74, 6) is 0.172. The number of imide groups is 2. The van der Waals surface area contributed by atoms with Crippen molar-refractivity contribution in [3.05, 3.63) is 87.9 Å². The number of benzene rings is 3. The molecule has 4 rings (SSSR count). The molecule has 0 unspecified atom stereocenters. The number of carbonyl (C=O) groups is 3. The first-order valence-electron chi connectivity index (χ1n) is 11.0. The molecule has 184 valence electrons. The standard InChI is InChI=1S/C27H23BrN2O6/c1-17-4-3-5-21(14-17)35-12-13-36-23-11-6-18(16-24(23)34-2)15-22-25(31)29-27(33)30(26(22)32)20-9-7-19(28)8-10-20/h3-11,14-16H,12-13H2,1-2H3,(H,29,31,33). The van der Waals surface area contributed by atoms with Crippen LogP contribution in [0, 0.1) is 6.92 Å². The molecular formula is C27H23BrN2O6. The SMILES string of the molecule is COc1cc(C=C2C(=O)NC(=O)N(c3ccc(Br)cc3)C2=O)ccc1OCCOc1cccc(C)c1. The van der Waals surface area contributed by atoms with E-state index in [1.807, 2.05) is 31.2 Å². The molecule has 4 amide bonds. The molecule has 0 radical (unpaired) electrons. The van der Waals surface area contributed by atoms with Gasteiger partial charge in [-0.15, -0.1) is 0 Å². The quantitative estimate of drug-likeness (QED) is 0.244. The van der Waals surface area contributed by atoms with Crippen LogP contribution in [0.3, 0.4) is 0 Å². The zero-order valence-electron chi connectivity index (χ0n) is 19.6. The van der Waals surface area contributed by atoms with Crippen LogP contribution in [0.5, 0.6) is 17.2 Å². The summed E-state index contributed by atoms with van der Waals surface area (Å²) in [6.45, 7) is 2.62. The largest absolute Gasteiger partial charge is 0.493 e. The second-order valence-corrected chi connectivity index (χ2v) is 8.77. The second-order valence-electron chi connectivity index (χ2n) is 7.86. The number of methoxy groups -OCH3 is 1. The van der Waals surface area contributed by atoms with Crippen molar-refractivity contribution in [3.63, 3.8) is 0 Å². The van der Waals surface area contributed by atoms with Crippen LogP contribution in [0.4, 0.5) is 10.5 Å². The Hall–Kier alpha value is -4.11. The minimum absolute atomic E-state index is 0.181. The van der Waals surface area contributed by atoms with E-state index in [0.717, 1.165) is 20.7 Å². The lowest BCUT2D eigenvalue weighted by Gasteiger charge is -2.26. The highest BCUT2D eigenvalue weighted by Gasteiger charge is 2.36. The molecular weight excluding hydrogens is 528 g/mol. The van der Waals surface area contributed by atoms with Crippen LogP contribution in [0.15, 0.2) is 76.8 Å². The Balaban J connectivity index is 1.48. The van der Waals surface area contributed by atoms with E-state index in [2.05, 4.69) is 21.2 Å². The smallest absolute Gasteiger partial charge is 0.335 e. The first-order chi connectivity index (χ1) is 17.4.